The number of nitrogens with one attached hydrogen (secondary N) is 1. The van der Waals surface area contributed by atoms with Crippen LogP contribution in [0, 0.1) is 13.8 Å². The van der Waals surface area contributed by atoms with Crippen LogP contribution in [0.4, 0.5) is 0 Å². The predicted octanol–water partition coefficient (Wildman–Crippen LogP) is 2.98. The second kappa shape index (κ2) is 6.19. The van der Waals surface area contributed by atoms with Crippen LogP contribution in [0.15, 0.2) is 45.9 Å². The van der Waals surface area contributed by atoms with E-state index in [0.29, 0.717) is 17.9 Å². The fourth-order valence-electron chi connectivity index (χ4n) is 2.02. The standard InChI is InChI=1S/C16H18N2O2/c1-11-9-12(2)20-16(11)13(3)17-18-15(19)10-14-7-5-4-6-8-14/h4-9H,10H2,1-3H3,(H,18,19)/b17-13-. The summed E-state index contributed by atoms with van der Waals surface area (Å²) in [4.78, 5) is 11.8. The Kier molecular flexibility index (Phi) is 4.35. The van der Waals surface area contributed by atoms with Gasteiger partial charge >= 0.3 is 0 Å². The van der Waals surface area contributed by atoms with E-state index in [1.165, 1.54) is 0 Å². The number of carbonyl (C=O) groups excluding carboxylic acids is 1. The quantitative estimate of drug-likeness (QED) is 0.686. The number of nitrogens with zero attached hydrogens (tertiary/aromatic N) is 1. The molecule has 0 saturated heterocycles. The first kappa shape index (κ1) is 14.1. The summed E-state index contributed by atoms with van der Waals surface area (Å²) in [6.07, 6.45) is 0.313. The van der Waals surface area contributed by atoms with Crippen LogP contribution in [-0.2, 0) is 11.2 Å². The lowest BCUT2D eigenvalue weighted by Gasteiger charge is -2.02. The number of aryl methyl sites for hydroxylation is 2. The molecule has 0 fully saturated rings. The Morgan fingerprint density at radius 1 is 1.25 bits per heavy atom. The number of rotatable bonds is 4. The van der Waals surface area contributed by atoms with E-state index in [1.54, 1.807) is 0 Å². The maximum absolute atomic E-state index is 11.8. The summed E-state index contributed by atoms with van der Waals surface area (Å²) in [6, 6.07) is 11.5. The van der Waals surface area contributed by atoms with E-state index in [9.17, 15) is 4.79 Å². The van der Waals surface area contributed by atoms with Gasteiger partial charge in [-0.2, -0.15) is 5.10 Å². The van der Waals surface area contributed by atoms with Gasteiger partial charge in [0.05, 0.1) is 6.42 Å². The van der Waals surface area contributed by atoms with E-state index >= 15 is 0 Å². The van der Waals surface area contributed by atoms with Gasteiger partial charge in [-0.3, -0.25) is 4.79 Å². The molecule has 2 rings (SSSR count). The molecule has 104 valence electrons. The lowest BCUT2D eigenvalue weighted by atomic mass is 10.1. The molecule has 2 aromatic rings. The molecule has 1 aromatic carbocycles. The Bertz CT molecular complexity index is 627. The summed E-state index contributed by atoms with van der Waals surface area (Å²) in [5.41, 5.74) is 5.19. The molecule has 1 amide bonds. The third-order valence-corrected chi connectivity index (χ3v) is 2.93. The monoisotopic (exact) mass is 270 g/mol. The maximum Gasteiger partial charge on any atom is 0.244 e. The van der Waals surface area contributed by atoms with E-state index in [4.69, 9.17) is 4.42 Å². The molecule has 0 saturated carbocycles. The summed E-state index contributed by atoms with van der Waals surface area (Å²) < 4.78 is 5.54. The molecule has 4 heteroatoms. The molecule has 0 atom stereocenters. The van der Waals surface area contributed by atoms with Crippen molar-refractivity contribution in [3.8, 4) is 0 Å². The number of hydrazone groups is 1. The fourth-order valence-corrected chi connectivity index (χ4v) is 2.02. The van der Waals surface area contributed by atoms with Crippen LogP contribution in [0.3, 0.4) is 0 Å². The molecule has 1 heterocycles. The highest BCUT2D eigenvalue weighted by Gasteiger charge is 2.09. The second-order valence-electron chi connectivity index (χ2n) is 4.76. The fraction of sp³-hybridized carbons (Fsp3) is 0.250. The molecule has 4 nitrogen and oxygen atoms in total. The first-order chi connectivity index (χ1) is 9.56. The number of benzene rings is 1. The second-order valence-corrected chi connectivity index (χ2v) is 4.76. The van der Waals surface area contributed by atoms with Crippen LogP contribution in [0.2, 0.25) is 0 Å². The first-order valence-electron chi connectivity index (χ1n) is 6.50. The molecular weight excluding hydrogens is 252 g/mol. The average molecular weight is 270 g/mol. The molecule has 0 spiro atoms. The Labute approximate surface area is 118 Å². The Morgan fingerprint density at radius 3 is 2.55 bits per heavy atom. The summed E-state index contributed by atoms with van der Waals surface area (Å²) in [5.74, 6) is 1.40. The number of hydrogen-bond acceptors (Lipinski definition) is 3. The maximum atomic E-state index is 11.8. The van der Waals surface area contributed by atoms with E-state index in [1.807, 2.05) is 57.2 Å². The first-order valence-corrected chi connectivity index (χ1v) is 6.50. The van der Waals surface area contributed by atoms with E-state index in [0.717, 1.165) is 16.9 Å². The summed E-state index contributed by atoms with van der Waals surface area (Å²) in [7, 11) is 0. The van der Waals surface area contributed by atoms with E-state index < -0.39 is 0 Å². The predicted molar refractivity (Wildman–Crippen MR) is 78.7 cm³/mol. The van der Waals surface area contributed by atoms with Crippen molar-refractivity contribution in [3.63, 3.8) is 0 Å². The number of hydrogen-bond donors (Lipinski definition) is 1. The molecule has 0 aliphatic heterocycles. The van der Waals surface area contributed by atoms with Crippen molar-refractivity contribution < 1.29 is 9.21 Å². The topological polar surface area (TPSA) is 54.6 Å². The highest BCUT2D eigenvalue weighted by molar-refractivity contribution is 5.98. The number of amides is 1. The van der Waals surface area contributed by atoms with Gasteiger partial charge in [0, 0.05) is 0 Å². The Morgan fingerprint density at radius 2 is 1.95 bits per heavy atom. The average Bonchev–Trinajstić information content (AvgIpc) is 2.76. The zero-order valence-corrected chi connectivity index (χ0v) is 11.9. The normalized spacial score (nSPS) is 11.4. The minimum Gasteiger partial charge on any atom is -0.460 e. The van der Waals surface area contributed by atoms with Crippen LogP contribution < -0.4 is 5.43 Å². The van der Waals surface area contributed by atoms with Crippen LogP contribution in [0.1, 0.15) is 29.6 Å². The van der Waals surface area contributed by atoms with Gasteiger partial charge in [-0.1, -0.05) is 30.3 Å². The number of furan rings is 1. The van der Waals surface area contributed by atoms with Gasteiger partial charge in [-0.05, 0) is 38.0 Å². The minimum absolute atomic E-state index is 0.142. The third-order valence-electron chi connectivity index (χ3n) is 2.93. The van der Waals surface area contributed by atoms with Crippen LogP contribution in [0.25, 0.3) is 0 Å². The molecule has 0 radical (unpaired) electrons. The van der Waals surface area contributed by atoms with Crippen molar-refractivity contribution in [2.75, 3.05) is 0 Å². The smallest absolute Gasteiger partial charge is 0.244 e. The van der Waals surface area contributed by atoms with Gasteiger partial charge < -0.3 is 4.42 Å². The summed E-state index contributed by atoms with van der Waals surface area (Å²) in [5, 5.41) is 4.09. The summed E-state index contributed by atoms with van der Waals surface area (Å²) >= 11 is 0. The molecule has 20 heavy (non-hydrogen) atoms. The van der Waals surface area contributed by atoms with Crippen molar-refractivity contribution in [3.05, 3.63) is 59.0 Å². The minimum atomic E-state index is -0.142. The van der Waals surface area contributed by atoms with Crippen molar-refractivity contribution in [2.24, 2.45) is 5.10 Å². The lowest BCUT2D eigenvalue weighted by Crippen LogP contribution is -2.21. The van der Waals surface area contributed by atoms with E-state index in [-0.39, 0.29) is 5.91 Å². The third kappa shape index (κ3) is 3.57. The van der Waals surface area contributed by atoms with Gasteiger partial charge in [0.1, 0.15) is 11.5 Å². The number of carbonyl (C=O) groups is 1. The zero-order valence-electron chi connectivity index (χ0n) is 11.9. The molecule has 0 bridgehead atoms. The van der Waals surface area contributed by atoms with Crippen molar-refractivity contribution in [1.82, 2.24) is 5.43 Å². The largest absolute Gasteiger partial charge is 0.460 e. The van der Waals surface area contributed by atoms with Gasteiger partial charge in [-0.15, -0.1) is 0 Å². The molecule has 1 aromatic heterocycles. The Balaban J connectivity index is 1.98. The highest BCUT2D eigenvalue weighted by atomic mass is 16.3. The summed E-state index contributed by atoms with van der Waals surface area (Å²) in [6.45, 7) is 5.66. The van der Waals surface area contributed by atoms with Crippen LogP contribution in [-0.4, -0.2) is 11.6 Å². The van der Waals surface area contributed by atoms with Crippen molar-refractivity contribution in [1.29, 1.82) is 0 Å². The zero-order chi connectivity index (χ0) is 14.5. The van der Waals surface area contributed by atoms with Gasteiger partial charge in [0.25, 0.3) is 0 Å². The van der Waals surface area contributed by atoms with E-state index in [2.05, 4.69) is 10.5 Å². The highest BCUT2D eigenvalue weighted by Crippen LogP contribution is 2.14. The van der Waals surface area contributed by atoms with Gasteiger partial charge in [-0.25, -0.2) is 5.43 Å². The lowest BCUT2D eigenvalue weighted by molar-refractivity contribution is -0.120. The van der Waals surface area contributed by atoms with Crippen LogP contribution >= 0.6 is 0 Å². The molecular formula is C16H18N2O2. The molecule has 0 aliphatic rings. The molecule has 0 aliphatic carbocycles. The van der Waals surface area contributed by atoms with Gasteiger partial charge in [0.15, 0.2) is 5.76 Å². The SMILES string of the molecule is C/C(=N/NC(=O)Cc1ccccc1)c1oc(C)cc1C. The molecule has 1 N–H and O–H groups in total. The van der Waals surface area contributed by atoms with Gasteiger partial charge in [0.2, 0.25) is 5.91 Å². The van der Waals surface area contributed by atoms with Crippen molar-refractivity contribution >= 4 is 11.6 Å². The molecule has 0 unspecified atom stereocenters. The van der Waals surface area contributed by atoms with Crippen LogP contribution in [0.5, 0.6) is 0 Å². The van der Waals surface area contributed by atoms with Crippen molar-refractivity contribution in [2.45, 2.75) is 27.2 Å². The Hall–Kier alpha value is -2.36.